The summed E-state index contributed by atoms with van der Waals surface area (Å²) >= 11 is 5.94. The second-order valence-corrected chi connectivity index (χ2v) is 5.81. The third kappa shape index (κ3) is 3.62. The molecule has 0 amide bonds. The first kappa shape index (κ1) is 14.2. The van der Waals surface area contributed by atoms with Gasteiger partial charge in [0.1, 0.15) is 6.07 Å². The van der Waals surface area contributed by atoms with Gasteiger partial charge in [0.25, 0.3) is 0 Å². The van der Waals surface area contributed by atoms with Gasteiger partial charge in [-0.15, -0.1) is 0 Å². The molecule has 0 aliphatic carbocycles. The molecule has 2 unspecified atom stereocenters. The molecule has 1 fully saturated rings. The van der Waals surface area contributed by atoms with Crippen LogP contribution in [0.4, 0.5) is 5.69 Å². The normalized spacial score (nSPS) is 21.7. The van der Waals surface area contributed by atoms with Crippen LogP contribution in [0.1, 0.15) is 25.3 Å². The quantitative estimate of drug-likeness (QED) is 0.921. The largest absolute Gasteiger partial charge is 0.382 e. The molecule has 1 heterocycles. The minimum Gasteiger partial charge on any atom is -0.382 e. The molecular weight excluding hydrogens is 258 g/mol. The zero-order chi connectivity index (χ0) is 13.8. The maximum Gasteiger partial charge on any atom is 0.101 e. The molecule has 1 N–H and O–H groups in total. The maximum absolute atomic E-state index is 8.99. The number of likely N-dealkylation sites (tertiary alicyclic amines) is 1. The number of anilines is 1. The van der Waals surface area contributed by atoms with Crippen molar-refractivity contribution in [3.05, 3.63) is 28.8 Å². The molecule has 3 nitrogen and oxygen atoms in total. The zero-order valence-corrected chi connectivity index (χ0v) is 12.2. The molecule has 0 bridgehead atoms. The van der Waals surface area contributed by atoms with Gasteiger partial charge in [-0.25, -0.2) is 0 Å². The first-order valence-corrected chi connectivity index (χ1v) is 7.12. The van der Waals surface area contributed by atoms with Crippen molar-refractivity contribution in [2.24, 2.45) is 5.92 Å². The fraction of sp³-hybridized carbons (Fsp3) is 0.533. The van der Waals surface area contributed by atoms with Crippen molar-refractivity contribution in [1.82, 2.24) is 4.90 Å². The van der Waals surface area contributed by atoms with E-state index in [4.69, 9.17) is 16.9 Å². The van der Waals surface area contributed by atoms with Gasteiger partial charge in [-0.1, -0.05) is 11.6 Å². The van der Waals surface area contributed by atoms with Crippen molar-refractivity contribution in [1.29, 1.82) is 5.26 Å². The van der Waals surface area contributed by atoms with Crippen molar-refractivity contribution in [2.75, 3.05) is 25.5 Å². The predicted octanol–water partition coefficient (Wildman–Crippen LogP) is 3.35. The molecule has 1 aromatic carbocycles. The Labute approximate surface area is 120 Å². The lowest BCUT2D eigenvalue weighted by molar-refractivity contribution is 0.197. The Balaban J connectivity index is 2.02. The first-order valence-electron chi connectivity index (χ1n) is 6.75. The highest BCUT2D eigenvalue weighted by molar-refractivity contribution is 6.31. The highest BCUT2D eigenvalue weighted by atomic mass is 35.5. The summed E-state index contributed by atoms with van der Waals surface area (Å²) in [5.74, 6) is 0.653. The van der Waals surface area contributed by atoms with Crippen LogP contribution in [-0.2, 0) is 0 Å². The van der Waals surface area contributed by atoms with Gasteiger partial charge < -0.3 is 10.2 Å². The van der Waals surface area contributed by atoms with Crippen molar-refractivity contribution < 1.29 is 0 Å². The first-order chi connectivity index (χ1) is 9.10. The summed E-state index contributed by atoms with van der Waals surface area (Å²) < 4.78 is 0. The topological polar surface area (TPSA) is 39.1 Å². The van der Waals surface area contributed by atoms with Gasteiger partial charge in [-0.05, 0) is 57.5 Å². The molecule has 0 saturated carbocycles. The molecule has 1 aliphatic heterocycles. The van der Waals surface area contributed by atoms with Crippen molar-refractivity contribution in [3.8, 4) is 6.07 Å². The maximum atomic E-state index is 8.99. The van der Waals surface area contributed by atoms with E-state index in [0.29, 0.717) is 22.5 Å². The third-order valence-electron chi connectivity index (χ3n) is 3.85. The van der Waals surface area contributed by atoms with E-state index in [1.165, 1.54) is 19.4 Å². The Morgan fingerprint density at radius 1 is 1.53 bits per heavy atom. The van der Waals surface area contributed by atoms with Crippen LogP contribution >= 0.6 is 11.6 Å². The minimum absolute atomic E-state index is 0.399. The molecule has 2 rings (SSSR count). The monoisotopic (exact) mass is 277 g/mol. The molecule has 0 spiro atoms. The van der Waals surface area contributed by atoms with Crippen molar-refractivity contribution >= 4 is 17.3 Å². The van der Waals surface area contributed by atoms with Gasteiger partial charge in [-0.3, -0.25) is 0 Å². The summed E-state index contributed by atoms with van der Waals surface area (Å²) in [7, 11) is 2.18. The van der Waals surface area contributed by atoms with E-state index >= 15 is 0 Å². The van der Waals surface area contributed by atoms with Crippen LogP contribution < -0.4 is 5.32 Å². The lowest BCUT2D eigenvalue weighted by Gasteiger charge is -2.34. The van der Waals surface area contributed by atoms with Gasteiger partial charge in [-0.2, -0.15) is 5.26 Å². The number of hydrogen-bond donors (Lipinski definition) is 1. The van der Waals surface area contributed by atoms with Crippen molar-refractivity contribution in [3.63, 3.8) is 0 Å². The molecule has 0 aromatic heterocycles. The predicted molar refractivity (Wildman–Crippen MR) is 79.5 cm³/mol. The van der Waals surface area contributed by atoms with Gasteiger partial charge >= 0.3 is 0 Å². The standard InChI is InChI=1S/C15H20ClN3/c1-11(12-4-3-7-19(2)10-12)18-14-5-6-15(16)13(8-14)9-17/h5-6,8,11-12,18H,3-4,7,10H2,1-2H3. The lowest BCUT2D eigenvalue weighted by Crippen LogP contribution is -2.39. The van der Waals surface area contributed by atoms with Crippen LogP contribution in [0.25, 0.3) is 0 Å². The molecule has 1 aliphatic rings. The number of piperidine rings is 1. The summed E-state index contributed by atoms with van der Waals surface area (Å²) in [6.07, 6.45) is 2.52. The Bertz CT molecular complexity index is 481. The molecular formula is C15H20ClN3. The molecule has 102 valence electrons. The SMILES string of the molecule is CC(Nc1ccc(Cl)c(C#N)c1)C1CCCN(C)C1. The highest BCUT2D eigenvalue weighted by Crippen LogP contribution is 2.24. The van der Waals surface area contributed by atoms with Gasteiger partial charge in [0, 0.05) is 18.3 Å². The number of hydrogen-bond acceptors (Lipinski definition) is 3. The smallest absolute Gasteiger partial charge is 0.101 e. The van der Waals surface area contributed by atoms with E-state index in [-0.39, 0.29) is 0 Å². The number of nitrogens with one attached hydrogen (secondary N) is 1. The number of nitrogens with zero attached hydrogens (tertiary/aromatic N) is 2. The minimum atomic E-state index is 0.399. The third-order valence-corrected chi connectivity index (χ3v) is 4.18. The van der Waals surface area contributed by atoms with Gasteiger partial charge in [0.05, 0.1) is 10.6 Å². The van der Waals surface area contributed by atoms with Crippen LogP contribution in [0.15, 0.2) is 18.2 Å². The Morgan fingerprint density at radius 2 is 2.32 bits per heavy atom. The Morgan fingerprint density at radius 3 is 3.00 bits per heavy atom. The molecule has 1 aromatic rings. The summed E-state index contributed by atoms with van der Waals surface area (Å²) in [4.78, 5) is 2.38. The molecule has 19 heavy (non-hydrogen) atoms. The van der Waals surface area contributed by atoms with Crippen LogP contribution in [0.2, 0.25) is 5.02 Å². The Hall–Kier alpha value is -1.24. The number of halogens is 1. The second-order valence-electron chi connectivity index (χ2n) is 5.40. The number of nitriles is 1. The van der Waals surface area contributed by atoms with Crippen LogP contribution in [0.5, 0.6) is 0 Å². The van der Waals surface area contributed by atoms with E-state index in [2.05, 4.69) is 30.3 Å². The second kappa shape index (κ2) is 6.27. The van der Waals surface area contributed by atoms with E-state index in [1.807, 2.05) is 12.1 Å². The van der Waals surface area contributed by atoms with Crippen molar-refractivity contribution in [2.45, 2.75) is 25.8 Å². The fourth-order valence-corrected chi connectivity index (χ4v) is 2.86. The summed E-state index contributed by atoms with van der Waals surface area (Å²) in [6.45, 7) is 4.54. The van der Waals surface area contributed by atoms with Gasteiger partial charge in [0.15, 0.2) is 0 Å². The van der Waals surface area contributed by atoms with E-state index in [0.717, 1.165) is 12.2 Å². The van der Waals surface area contributed by atoms with Crippen LogP contribution in [0.3, 0.4) is 0 Å². The summed E-state index contributed by atoms with van der Waals surface area (Å²) in [5, 5.41) is 13.0. The molecule has 0 radical (unpaired) electrons. The van der Waals surface area contributed by atoms with Gasteiger partial charge in [0.2, 0.25) is 0 Å². The van der Waals surface area contributed by atoms with Crippen LogP contribution in [-0.4, -0.2) is 31.1 Å². The average Bonchev–Trinajstić information content (AvgIpc) is 2.41. The average molecular weight is 278 g/mol. The Kier molecular flexibility index (Phi) is 4.68. The number of rotatable bonds is 3. The lowest BCUT2D eigenvalue weighted by atomic mass is 9.91. The van der Waals surface area contributed by atoms with E-state index in [9.17, 15) is 0 Å². The summed E-state index contributed by atoms with van der Waals surface area (Å²) in [5.41, 5.74) is 1.50. The summed E-state index contributed by atoms with van der Waals surface area (Å²) in [6, 6.07) is 8.06. The number of benzene rings is 1. The molecule has 4 heteroatoms. The molecule has 1 saturated heterocycles. The van der Waals surface area contributed by atoms with E-state index in [1.54, 1.807) is 6.07 Å². The molecule has 2 atom stereocenters. The van der Waals surface area contributed by atoms with Crippen LogP contribution in [0, 0.1) is 17.2 Å². The zero-order valence-electron chi connectivity index (χ0n) is 11.5. The van der Waals surface area contributed by atoms with E-state index < -0.39 is 0 Å². The highest BCUT2D eigenvalue weighted by Gasteiger charge is 2.22. The fourth-order valence-electron chi connectivity index (χ4n) is 2.70.